The zero-order valence-electron chi connectivity index (χ0n) is 20.0. The van der Waals surface area contributed by atoms with E-state index in [0.29, 0.717) is 25.7 Å². The third kappa shape index (κ3) is 11.9. The number of hydrogen-bond acceptors (Lipinski definition) is 6. The molecule has 6 atom stereocenters. The van der Waals surface area contributed by atoms with Gasteiger partial charge in [0, 0.05) is 0 Å². The van der Waals surface area contributed by atoms with Crippen molar-refractivity contribution < 1.29 is 27.2 Å². The molecule has 0 heterocycles. The summed E-state index contributed by atoms with van der Waals surface area (Å²) in [6, 6.07) is 0. The molecule has 0 aromatic heterocycles. The van der Waals surface area contributed by atoms with Crippen LogP contribution in [0.25, 0.3) is 0 Å². The van der Waals surface area contributed by atoms with Gasteiger partial charge in [-0.15, -0.1) is 46.4 Å². The lowest BCUT2D eigenvalue weighted by Crippen LogP contribution is -2.27. The van der Waals surface area contributed by atoms with E-state index >= 15 is 0 Å². The summed E-state index contributed by atoms with van der Waals surface area (Å²) >= 11 is 24.8. The van der Waals surface area contributed by atoms with Crippen LogP contribution in [0.3, 0.4) is 0 Å². The van der Waals surface area contributed by atoms with Gasteiger partial charge >= 0.3 is 15.2 Å². The summed E-state index contributed by atoms with van der Waals surface area (Å²) in [5, 5.41) is -2.76. The normalized spacial score (nSPS) is 20.8. The van der Waals surface area contributed by atoms with E-state index in [-0.39, 0.29) is 26.4 Å². The van der Waals surface area contributed by atoms with E-state index < -0.39 is 48.0 Å². The van der Waals surface area contributed by atoms with E-state index in [1.807, 2.05) is 27.7 Å². The molecule has 194 valence electrons. The monoisotopic (exact) mass is 578 g/mol. The van der Waals surface area contributed by atoms with E-state index in [9.17, 15) is 9.13 Å². The lowest BCUT2D eigenvalue weighted by Gasteiger charge is -2.35. The Kier molecular flexibility index (Phi) is 17.8. The predicted octanol–water partition coefficient (Wildman–Crippen LogP) is 8.49. The van der Waals surface area contributed by atoms with Crippen LogP contribution in [0.15, 0.2) is 0 Å². The van der Waals surface area contributed by atoms with E-state index in [2.05, 4.69) is 0 Å². The van der Waals surface area contributed by atoms with Gasteiger partial charge in [-0.3, -0.25) is 9.13 Å². The summed E-state index contributed by atoms with van der Waals surface area (Å²) in [7, 11) is -8.09. The highest BCUT2D eigenvalue weighted by Gasteiger charge is 2.53. The average Bonchev–Trinajstić information content (AvgIpc) is 2.77. The Bertz CT molecular complexity index is 516. The second-order valence-corrected chi connectivity index (χ2v) is 15.1. The Morgan fingerprint density at radius 1 is 0.562 bits per heavy atom. The molecule has 0 aromatic carbocycles. The number of alkyl halides is 4. The fourth-order valence-corrected chi connectivity index (χ4v) is 9.05. The van der Waals surface area contributed by atoms with Gasteiger partial charge in [-0.2, -0.15) is 0 Å². The van der Waals surface area contributed by atoms with E-state index in [0.717, 1.165) is 0 Å². The van der Waals surface area contributed by atoms with Crippen molar-refractivity contribution in [2.24, 2.45) is 5.92 Å². The summed E-state index contributed by atoms with van der Waals surface area (Å²) in [6.07, 6.45) is 2.39. The Morgan fingerprint density at radius 2 is 0.781 bits per heavy atom. The summed E-state index contributed by atoms with van der Waals surface area (Å²) in [5.41, 5.74) is 0. The average molecular weight is 580 g/mol. The summed E-state index contributed by atoms with van der Waals surface area (Å²) in [6.45, 7) is 10.9. The smallest absolute Gasteiger partial charge is 0.306 e. The van der Waals surface area contributed by atoms with Crippen LogP contribution in [-0.4, -0.2) is 53.3 Å². The van der Waals surface area contributed by atoms with Crippen molar-refractivity contribution in [2.45, 2.75) is 94.1 Å². The summed E-state index contributed by atoms with van der Waals surface area (Å²) < 4.78 is 51.3. The van der Waals surface area contributed by atoms with Crippen molar-refractivity contribution in [1.82, 2.24) is 0 Å². The molecule has 32 heavy (non-hydrogen) atoms. The van der Waals surface area contributed by atoms with Gasteiger partial charge in [0.25, 0.3) is 0 Å². The second-order valence-electron chi connectivity index (χ2n) is 7.94. The maximum Gasteiger partial charge on any atom is 0.346 e. The Labute approximate surface area is 214 Å². The van der Waals surface area contributed by atoms with E-state index in [4.69, 9.17) is 64.5 Å². The Balaban J connectivity index is 6.17. The van der Waals surface area contributed by atoms with Crippen LogP contribution >= 0.6 is 61.6 Å². The maximum atomic E-state index is 14.1. The molecule has 0 aliphatic heterocycles. The standard InChI is InChI=1S/C20H40Cl4O6P2/c1-7-16(21)11-27-31(25,28-12-17(22)8-2)20(15(5)6)32(26,29-13-18(23)9-3)30-14-19(24)10-4/h15-20H,7-14H2,1-6H3/t16-,17+,18-,19+,20?,31?,32?. The maximum absolute atomic E-state index is 14.1. The Morgan fingerprint density at radius 3 is 0.938 bits per heavy atom. The molecule has 0 aliphatic carbocycles. The van der Waals surface area contributed by atoms with Crippen molar-refractivity contribution in [3.05, 3.63) is 0 Å². The highest BCUT2D eigenvalue weighted by molar-refractivity contribution is 7.72. The summed E-state index contributed by atoms with van der Waals surface area (Å²) in [5.74, 6) is -0.441. The highest BCUT2D eigenvalue weighted by Crippen LogP contribution is 2.72. The molecular formula is C20H40Cl4O6P2. The van der Waals surface area contributed by atoms with Crippen LogP contribution in [0.2, 0.25) is 0 Å². The van der Waals surface area contributed by atoms with Gasteiger partial charge in [0.1, 0.15) is 0 Å². The van der Waals surface area contributed by atoms with Crippen molar-refractivity contribution >= 4 is 61.6 Å². The largest absolute Gasteiger partial charge is 0.346 e. The van der Waals surface area contributed by atoms with Gasteiger partial charge in [0.2, 0.25) is 0 Å². The third-order valence-corrected chi connectivity index (χ3v) is 12.7. The first-order chi connectivity index (χ1) is 14.9. The van der Waals surface area contributed by atoms with Crippen molar-refractivity contribution in [2.75, 3.05) is 26.4 Å². The number of halogens is 4. The molecular weight excluding hydrogens is 540 g/mol. The first kappa shape index (κ1) is 33.5. The van der Waals surface area contributed by atoms with Crippen LogP contribution in [0.1, 0.15) is 67.2 Å². The first-order valence-electron chi connectivity index (χ1n) is 11.2. The fraction of sp³-hybridized carbons (Fsp3) is 1.00. The van der Waals surface area contributed by atoms with Crippen LogP contribution in [0.5, 0.6) is 0 Å². The predicted molar refractivity (Wildman–Crippen MR) is 137 cm³/mol. The molecule has 0 aliphatic rings. The minimum atomic E-state index is -4.05. The molecule has 0 bridgehead atoms. The quantitative estimate of drug-likeness (QED) is 0.113. The lowest BCUT2D eigenvalue weighted by atomic mass is 10.3. The van der Waals surface area contributed by atoms with Crippen LogP contribution < -0.4 is 0 Å². The Hall–Kier alpha value is 1.46. The lowest BCUT2D eigenvalue weighted by molar-refractivity contribution is 0.173. The van der Waals surface area contributed by atoms with Gasteiger partial charge < -0.3 is 18.1 Å². The SMILES string of the molecule is CC[C@@H](Cl)COP(=O)(OC[C@@H](Cl)CC)C(C(C)C)P(=O)(OC[C@H](Cl)CC)OC[C@@H](Cl)CC. The van der Waals surface area contributed by atoms with Gasteiger partial charge in [-0.05, 0) is 31.6 Å². The fourth-order valence-electron chi connectivity index (χ4n) is 2.49. The van der Waals surface area contributed by atoms with Crippen molar-refractivity contribution in [3.63, 3.8) is 0 Å². The van der Waals surface area contributed by atoms with E-state index in [1.54, 1.807) is 13.8 Å². The van der Waals surface area contributed by atoms with Gasteiger partial charge in [-0.1, -0.05) is 41.5 Å². The molecule has 0 aromatic rings. The molecule has 0 rings (SSSR count). The molecule has 0 amide bonds. The first-order valence-corrected chi connectivity index (χ1v) is 16.2. The van der Waals surface area contributed by atoms with Crippen LogP contribution in [0, 0.1) is 5.92 Å². The minimum Gasteiger partial charge on any atom is -0.306 e. The molecule has 0 saturated carbocycles. The van der Waals surface area contributed by atoms with Crippen molar-refractivity contribution in [1.29, 1.82) is 0 Å². The molecule has 2 unspecified atom stereocenters. The van der Waals surface area contributed by atoms with Gasteiger partial charge in [-0.25, -0.2) is 0 Å². The molecule has 0 spiro atoms. The van der Waals surface area contributed by atoms with Gasteiger partial charge in [0.05, 0.1) is 47.9 Å². The van der Waals surface area contributed by atoms with E-state index in [1.165, 1.54) is 0 Å². The molecule has 0 N–H and O–H groups in total. The molecule has 12 heteroatoms. The second kappa shape index (κ2) is 17.0. The molecule has 6 nitrogen and oxygen atoms in total. The zero-order chi connectivity index (χ0) is 24.9. The highest BCUT2D eigenvalue weighted by atomic mass is 35.5. The molecule has 0 saturated heterocycles. The summed E-state index contributed by atoms with van der Waals surface area (Å²) in [4.78, 5) is 0. The number of hydrogen-bond donors (Lipinski definition) is 0. The van der Waals surface area contributed by atoms with Crippen LogP contribution in [0.4, 0.5) is 0 Å². The molecule has 0 fully saturated rings. The van der Waals surface area contributed by atoms with Crippen molar-refractivity contribution in [3.8, 4) is 0 Å². The minimum absolute atomic E-state index is 0.0438. The van der Waals surface area contributed by atoms with Gasteiger partial charge in [0.15, 0.2) is 5.40 Å². The topological polar surface area (TPSA) is 71.1 Å². The molecule has 0 radical (unpaired) electrons. The zero-order valence-corrected chi connectivity index (χ0v) is 24.8. The van der Waals surface area contributed by atoms with Crippen LogP contribution in [-0.2, 0) is 27.2 Å². The third-order valence-electron chi connectivity index (χ3n) is 4.76. The number of rotatable bonds is 19.